The summed E-state index contributed by atoms with van der Waals surface area (Å²) in [7, 11) is 3.13. The first-order valence-corrected chi connectivity index (χ1v) is 4.17. The van der Waals surface area contributed by atoms with E-state index in [9.17, 15) is 4.79 Å². The fourth-order valence-corrected chi connectivity index (χ4v) is 0.714. The van der Waals surface area contributed by atoms with Crippen molar-refractivity contribution in [3.8, 4) is 0 Å². The molecule has 0 aliphatic carbocycles. The summed E-state index contributed by atoms with van der Waals surface area (Å²) in [5.74, 6) is 5.32. The number of aliphatic imine (C=N–C) groups is 1. The maximum absolute atomic E-state index is 11.1. The van der Waals surface area contributed by atoms with Crippen LogP contribution in [-0.4, -0.2) is 45.7 Å². The van der Waals surface area contributed by atoms with E-state index in [0.717, 1.165) is 0 Å². The Labute approximate surface area is 83.1 Å². The third-order valence-electron chi connectivity index (χ3n) is 1.41. The van der Waals surface area contributed by atoms with Gasteiger partial charge in [0, 0.05) is 20.7 Å². The van der Waals surface area contributed by atoms with Gasteiger partial charge in [-0.2, -0.15) is 0 Å². The van der Waals surface area contributed by atoms with Gasteiger partial charge < -0.3 is 15.4 Å². The number of carbonyl (C=O) groups excluding carboxylic acids is 1. The quantitative estimate of drug-likeness (QED) is 0.133. The first-order valence-electron chi connectivity index (χ1n) is 4.17. The molecule has 0 radical (unpaired) electrons. The fourth-order valence-electron chi connectivity index (χ4n) is 0.714. The SMILES string of the molecule is CN=C(NN)NCC(=O)NCCOC. The van der Waals surface area contributed by atoms with E-state index in [1.807, 2.05) is 0 Å². The number of nitrogens with zero attached hydrogens (tertiary/aromatic N) is 1. The highest BCUT2D eigenvalue weighted by molar-refractivity contribution is 5.85. The number of rotatable bonds is 5. The number of hydrogen-bond donors (Lipinski definition) is 4. The van der Waals surface area contributed by atoms with Gasteiger partial charge in [-0.3, -0.25) is 15.2 Å². The van der Waals surface area contributed by atoms with Crippen molar-refractivity contribution < 1.29 is 9.53 Å². The van der Waals surface area contributed by atoms with Crippen LogP contribution in [0.2, 0.25) is 0 Å². The lowest BCUT2D eigenvalue weighted by Gasteiger charge is -2.08. The summed E-state index contributed by atoms with van der Waals surface area (Å²) in [5.41, 5.74) is 2.31. The molecule has 0 aromatic rings. The Morgan fingerprint density at radius 2 is 2.21 bits per heavy atom. The third-order valence-corrected chi connectivity index (χ3v) is 1.41. The Morgan fingerprint density at radius 1 is 1.50 bits per heavy atom. The second-order valence-corrected chi connectivity index (χ2v) is 2.41. The zero-order chi connectivity index (χ0) is 10.8. The van der Waals surface area contributed by atoms with Crippen LogP contribution >= 0.6 is 0 Å². The Kier molecular flexibility index (Phi) is 7.48. The molecule has 0 aromatic heterocycles. The number of carbonyl (C=O) groups is 1. The molecule has 14 heavy (non-hydrogen) atoms. The van der Waals surface area contributed by atoms with E-state index in [4.69, 9.17) is 10.6 Å². The van der Waals surface area contributed by atoms with Crippen molar-refractivity contribution in [3.05, 3.63) is 0 Å². The number of hydrogen-bond acceptors (Lipinski definition) is 4. The summed E-state index contributed by atoms with van der Waals surface area (Å²) in [6.07, 6.45) is 0. The van der Waals surface area contributed by atoms with E-state index >= 15 is 0 Å². The molecule has 5 N–H and O–H groups in total. The van der Waals surface area contributed by atoms with Crippen molar-refractivity contribution >= 4 is 11.9 Å². The van der Waals surface area contributed by atoms with Gasteiger partial charge in [-0.25, -0.2) is 5.84 Å². The van der Waals surface area contributed by atoms with Crippen molar-refractivity contribution in [2.45, 2.75) is 0 Å². The molecule has 7 nitrogen and oxygen atoms in total. The highest BCUT2D eigenvalue weighted by Crippen LogP contribution is 1.68. The van der Waals surface area contributed by atoms with Crippen LogP contribution < -0.4 is 21.9 Å². The predicted octanol–water partition coefficient (Wildman–Crippen LogP) is -2.21. The summed E-state index contributed by atoms with van der Waals surface area (Å²) in [6.45, 7) is 1.11. The fraction of sp³-hybridized carbons (Fsp3) is 0.714. The van der Waals surface area contributed by atoms with Crippen LogP contribution in [-0.2, 0) is 9.53 Å². The van der Waals surface area contributed by atoms with Gasteiger partial charge in [0.15, 0.2) is 0 Å². The van der Waals surface area contributed by atoms with Crippen LogP contribution in [0.1, 0.15) is 0 Å². The maximum Gasteiger partial charge on any atom is 0.239 e. The van der Waals surface area contributed by atoms with E-state index in [1.165, 1.54) is 0 Å². The van der Waals surface area contributed by atoms with Crippen molar-refractivity contribution in [2.75, 3.05) is 33.9 Å². The zero-order valence-corrected chi connectivity index (χ0v) is 8.46. The van der Waals surface area contributed by atoms with Crippen LogP contribution in [0, 0.1) is 0 Å². The molecule has 0 atom stereocenters. The summed E-state index contributed by atoms with van der Waals surface area (Å²) in [4.78, 5) is 14.8. The lowest BCUT2D eigenvalue weighted by molar-refractivity contribution is -0.120. The highest BCUT2D eigenvalue weighted by atomic mass is 16.5. The van der Waals surface area contributed by atoms with Gasteiger partial charge in [0.05, 0.1) is 13.2 Å². The van der Waals surface area contributed by atoms with E-state index in [-0.39, 0.29) is 12.5 Å². The molecule has 0 heterocycles. The molecular formula is C7H17N5O2. The minimum absolute atomic E-state index is 0.126. The Hall–Kier alpha value is -1.34. The van der Waals surface area contributed by atoms with Gasteiger partial charge in [0.25, 0.3) is 0 Å². The largest absolute Gasteiger partial charge is 0.383 e. The maximum atomic E-state index is 11.1. The number of ether oxygens (including phenoxy) is 1. The highest BCUT2D eigenvalue weighted by Gasteiger charge is 2.00. The Morgan fingerprint density at radius 3 is 2.71 bits per heavy atom. The third kappa shape index (κ3) is 6.21. The number of nitrogens with one attached hydrogen (secondary N) is 3. The first-order chi connectivity index (χ1) is 6.74. The first kappa shape index (κ1) is 12.7. The molecule has 0 bridgehead atoms. The van der Waals surface area contributed by atoms with Crippen molar-refractivity contribution in [1.82, 2.24) is 16.1 Å². The standard InChI is InChI=1S/C7H17N5O2/c1-9-7(12-8)11-5-6(13)10-3-4-14-2/h3-5,8H2,1-2H3,(H,10,13)(H2,9,11,12). The van der Waals surface area contributed by atoms with E-state index in [0.29, 0.717) is 19.1 Å². The van der Waals surface area contributed by atoms with Gasteiger partial charge in [0.1, 0.15) is 0 Å². The number of methoxy groups -OCH3 is 1. The Balaban J connectivity index is 3.53. The number of amides is 1. The zero-order valence-electron chi connectivity index (χ0n) is 8.46. The van der Waals surface area contributed by atoms with Crippen molar-refractivity contribution in [2.24, 2.45) is 10.8 Å². The van der Waals surface area contributed by atoms with E-state index < -0.39 is 0 Å². The predicted molar refractivity (Wildman–Crippen MR) is 53.6 cm³/mol. The van der Waals surface area contributed by atoms with Crippen LogP contribution in [0.3, 0.4) is 0 Å². The van der Waals surface area contributed by atoms with Gasteiger partial charge in [0.2, 0.25) is 11.9 Å². The molecule has 0 aliphatic heterocycles. The molecule has 1 amide bonds. The smallest absolute Gasteiger partial charge is 0.239 e. The van der Waals surface area contributed by atoms with Crippen molar-refractivity contribution in [3.63, 3.8) is 0 Å². The second-order valence-electron chi connectivity index (χ2n) is 2.41. The molecule has 0 spiro atoms. The van der Waals surface area contributed by atoms with Crippen LogP contribution in [0.5, 0.6) is 0 Å². The van der Waals surface area contributed by atoms with Crippen molar-refractivity contribution in [1.29, 1.82) is 0 Å². The minimum Gasteiger partial charge on any atom is -0.383 e. The number of nitrogens with two attached hydrogens (primary N) is 1. The summed E-state index contributed by atoms with van der Waals surface area (Å²) in [6, 6.07) is 0. The van der Waals surface area contributed by atoms with Gasteiger partial charge in [-0.1, -0.05) is 0 Å². The number of guanidine groups is 1. The summed E-state index contributed by atoms with van der Waals surface area (Å²) >= 11 is 0. The number of hydrazine groups is 1. The second kappa shape index (κ2) is 8.27. The van der Waals surface area contributed by atoms with E-state index in [2.05, 4.69) is 21.1 Å². The molecule has 0 saturated heterocycles. The van der Waals surface area contributed by atoms with Gasteiger partial charge in [-0.05, 0) is 0 Å². The minimum atomic E-state index is -0.140. The molecule has 0 unspecified atom stereocenters. The molecule has 82 valence electrons. The van der Waals surface area contributed by atoms with Gasteiger partial charge in [-0.15, -0.1) is 0 Å². The Bertz CT molecular complexity index is 195. The molecule has 7 heteroatoms. The molecular weight excluding hydrogens is 186 g/mol. The summed E-state index contributed by atoms with van der Waals surface area (Å²) in [5, 5.41) is 5.34. The van der Waals surface area contributed by atoms with Crippen LogP contribution in [0.4, 0.5) is 0 Å². The molecule has 0 rings (SSSR count). The summed E-state index contributed by atoms with van der Waals surface area (Å²) < 4.78 is 4.77. The lowest BCUT2D eigenvalue weighted by Crippen LogP contribution is -2.46. The van der Waals surface area contributed by atoms with Gasteiger partial charge >= 0.3 is 0 Å². The molecule has 0 aromatic carbocycles. The lowest BCUT2D eigenvalue weighted by atomic mass is 10.5. The van der Waals surface area contributed by atoms with E-state index in [1.54, 1.807) is 14.2 Å². The molecule has 0 saturated carbocycles. The molecule has 0 aliphatic rings. The van der Waals surface area contributed by atoms with Crippen LogP contribution in [0.15, 0.2) is 4.99 Å². The average molecular weight is 203 g/mol. The molecule has 0 fully saturated rings. The van der Waals surface area contributed by atoms with Crippen LogP contribution in [0.25, 0.3) is 0 Å². The normalized spacial score (nSPS) is 10.9. The topological polar surface area (TPSA) is 101 Å². The monoisotopic (exact) mass is 203 g/mol. The average Bonchev–Trinajstić information content (AvgIpc) is 2.20.